The van der Waals surface area contributed by atoms with Crippen LogP contribution in [-0.2, 0) is 0 Å². The Labute approximate surface area is 213 Å². The molecule has 3 aromatic rings. The van der Waals surface area contributed by atoms with Crippen molar-refractivity contribution in [2.24, 2.45) is 4.99 Å². The summed E-state index contributed by atoms with van der Waals surface area (Å²) < 4.78 is 11.4. The highest BCUT2D eigenvalue weighted by atomic mass is 35.5. The maximum absolute atomic E-state index is 12.9. The summed E-state index contributed by atoms with van der Waals surface area (Å²) in [6, 6.07) is 19.2. The van der Waals surface area contributed by atoms with Gasteiger partial charge in [0.2, 0.25) is 0 Å². The van der Waals surface area contributed by atoms with Crippen LogP contribution in [0.1, 0.15) is 42.6 Å². The molecule has 0 saturated heterocycles. The van der Waals surface area contributed by atoms with Crippen LogP contribution in [0.15, 0.2) is 71.7 Å². The smallest absolute Gasteiger partial charge is 0.322 e. The van der Waals surface area contributed by atoms with Crippen LogP contribution >= 0.6 is 34.8 Å². The molecule has 1 aliphatic heterocycles. The van der Waals surface area contributed by atoms with Crippen LogP contribution < -0.4 is 9.47 Å². The third kappa shape index (κ3) is 5.02. The van der Waals surface area contributed by atoms with Gasteiger partial charge in [0.1, 0.15) is 23.4 Å². The number of rotatable bonds is 6. The Morgan fingerprint density at radius 2 is 1.53 bits per heavy atom. The highest BCUT2D eigenvalue weighted by molar-refractivity contribution is 6.64. The minimum absolute atomic E-state index is 0.105. The zero-order chi connectivity index (χ0) is 24.4. The van der Waals surface area contributed by atoms with Gasteiger partial charge < -0.3 is 9.47 Å². The first-order chi connectivity index (χ1) is 16.3. The van der Waals surface area contributed by atoms with Crippen LogP contribution in [0.3, 0.4) is 0 Å². The summed E-state index contributed by atoms with van der Waals surface area (Å²) in [6.45, 7) is 3.86. The number of ether oxygens (including phenoxy) is 2. The molecular weight excluding hydrogens is 495 g/mol. The number of carbonyl (C=O) groups excluding carboxylic acids is 1. The number of carbonyl (C=O) groups is 1. The molecule has 1 heterocycles. The highest BCUT2D eigenvalue weighted by Crippen LogP contribution is 2.45. The summed E-state index contributed by atoms with van der Waals surface area (Å²) in [5.41, 5.74) is 2.37. The lowest BCUT2D eigenvalue weighted by Crippen LogP contribution is -2.34. The van der Waals surface area contributed by atoms with Crippen molar-refractivity contribution in [3.05, 3.63) is 93.5 Å². The normalized spacial score (nSPS) is 17.6. The lowest BCUT2D eigenvalue weighted by molar-refractivity contribution is 0.230. The number of amides is 1. The number of hydrogen-bond acceptors (Lipinski definition) is 4. The van der Waals surface area contributed by atoms with E-state index >= 15 is 0 Å². The highest BCUT2D eigenvalue weighted by Gasteiger charge is 2.42. The van der Waals surface area contributed by atoms with Crippen LogP contribution in [0.5, 0.6) is 11.5 Å². The fourth-order valence-electron chi connectivity index (χ4n) is 4.00. The van der Waals surface area contributed by atoms with Crippen molar-refractivity contribution in [2.75, 3.05) is 7.11 Å². The first-order valence-electron chi connectivity index (χ1n) is 10.7. The summed E-state index contributed by atoms with van der Waals surface area (Å²) in [4.78, 5) is 19.4. The SMILES string of the molecule is COc1ccc(C2=N[C@@H](c3ccc(Cl)cc3)[C@@H](c3ccc(Cl)cc3)N2C(=O)Cl)c(OC(C)C)c1. The van der Waals surface area contributed by atoms with Gasteiger partial charge in [-0.25, -0.2) is 0 Å². The van der Waals surface area contributed by atoms with E-state index in [1.807, 2.05) is 44.2 Å². The number of benzene rings is 3. The van der Waals surface area contributed by atoms with Gasteiger partial charge in [-0.05, 0) is 73.0 Å². The first kappa shape index (κ1) is 24.4. The van der Waals surface area contributed by atoms with Gasteiger partial charge in [-0.15, -0.1) is 0 Å². The summed E-state index contributed by atoms with van der Waals surface area (Å²) >= 11 is 18.5. The van der Waals surface area contributed by atoms with E-state index in [0.717, 1.165) is 11.1 Å². The standard InChI is InChI=1S/C26H23Cl3N2O3/c1-15(2)34-22-14-20(33-3)12-13-21(22)25-30-23(16-4-8-18(27)9-5-16)24(31(25)26(29)32)17-6-10-19(28)11-7-17/h4-15,23-24H,1-3H3/t23-,24+/m0/s1. The molecule has 0 spiro atoms. The second-order valence-corrected chi connectivity index (χ2v) is 9.29. The molecule has 8 heteroatoms. The molecule has 5 nitrogen and oxygen atoms in total. The topological polar surface area (TPSA) is 51.1 Å². The summed E-state index contributed by atoms with van der Waals surface area (Å²) in [5.74, 6) is 1.59. The summed E-state index contributed by atoms with van der Waals surface area (Å²) in [5, 5.41) is 0.556. The predicted molar refractivity (Wildman–Crippen MR) is 137 cm³/mol. The van der Waals surface area contributed by atoms with E-state index in [1.54, 1.807) is 43.5 Å². The molecule has 0 aliphatic carbocycles. The fourth-order valence-corrected chi connectivity index (χ4v) is 4.44. The predicted octanol–water partition coefficient (Wildman–Crippen LogP) is 7.69. The molecule has 4 rings (SSSR count). The van der Waals surface area contributed by atoms with Gasteiger partial charge in [0, 0.05) is 16.1 Å². The molecule has 2 atom stereocenters. The number of halogens is 3. The zero-order valence-corrected chi connectivity index (χ0v) is 21.1. The van der Waals surface area contributed by atoms with Crippen molar-refractivity contribution in [3.63, 3.8) is 0 Å². The number of hydrogen-bond donors (Lipinski definition) is 0. The summed E-state index contributed by atoms with van der Waals surface area (Å²) in [6.07, 6.45) is -0.105. The molecule has 0 bridgehead atoms. The van der Waals surface area contributed by atoms with Crippen LogP contribution in [0.4, 0.5) is 4.79 Å². The van der Waals surface area contributed by atoms with E-state index in [0.29, 0.717) is 32.9 Å². The first-order valence-corrected chi connectivity index (χ1v) is 11.8. The van der Waals surface area contributed by atoms with Crippen molar-refractivity contribution >= 4 is 46.0 Å². The van der Waals surface area contributed by atoms with Gasteiger partial charge in [0.25, 0.3) is 0 Å². The lowest BCUT2D eigenvalue weighted by atomic mass is 9.94. The van der Waals surface area contributed by atoms with Crippen molar-refractivity contribution < 1.29 is 14.3 Å². The molecule has 0 fully saturated rings. The Balaban J connectivity index is 1.91. The zero-order valence-electron chi connectivity index (χ0n) is 18.8. The Morgan fingerprint density at radius 1 is 0.941 bits per heavy atom. The third-order valence-electron chi connectivity index (χ3n) is 5.47. The quantitative estimate of drug-likeness (QED) is 0.249. The second-order valence-electron chi connectivity index (χ2n) is 8.10. The molecule has 0 unspecified atom stereocenters. The van der Waals surface area contributed by atoms with E-state index in [1.165, 1.54) is 4.90 Å². The third-order valence-corrected chi connectivity index (χ3v) is 6.16. The van der Waals surface area contributed by atoms with Crippen LogP contribution in [0.2, 0.25) is 10.0 Å². The number of amidine groups is 1. The fraction of sp³-hybridized carbons (Fsp3) is 0.231. The van der Waals surface area contributed by atoms with Crippen molar-refractivity contribution in [1.29, 1.82) is 0 Å². The van der Waals surface area contributed by atoms with Crippen LogP contribution in [-0.4, -0.2) is 29.3 Å². The molecule has 0 saturated carbocycles. The molecule has 3 aromatic carbocycles. The Hall–Kier alpha value is -2.73. The largest absolute Gasteiger partial charge is 0.497 e. The number of methoxy groups -OCH3 is 1. The molecule has 1 aliphatic rings. The minimum Gasteiger partial charge on any atom is -0.497 e. The Kier molecular flexibility index (Phi) is 7.36. The number of nitrogens with zero attached hydrogens (tertiary/aromatic N) is 2. The average molecular weight is 518 g/mol. The van der Waals surface area contributed by atoms with E-state index in [9.17, 15) is 4.79 Å². The minimum atomic E-state index is -0.651. The average Bonchev–Trinajstić information content (AvgIpc) is 3.20. The Bertz CT molecular complexity index is 1210. The monoisotopic (exact) mass is 516 g/mol. The lowest BCUT2D eigenvalue weighted by Gasteiger charge is -2.28. The van der Waals surface area contributed by atoms with E-state index < -0.39 is 17.5 Å². The van der Waals surface area contributed by atoms with Crippen molar-refractivity contribution in [2.45, 2.75) is 32.0 Å². The summed E-state index contributed by atoms with van der Waals surface area (Å²) in [7, 11) is 1.59. The van der Waals surface area contributed by atoms with Gasteiger partial charge in [-0.1, -0.05) is 47.5 Å². The molecule has 176 valence electrons. The van der Waals surface area contributed by atoms with Gasteiger partial charge in [0.15, 0.2) is 0 Å². The molecular formula is C26H23Cl3N2O3. The molecule has 34 heavy (non-hydrogen) atoms. The van der Waals surface area contributed by atoms with Gasteiger partial charge in [-0.3, -0.25) is 14.7 Å². The second kappa shape index (κ2) is 10.3. The van der Waals surface area contributed by atoms with Gasteiger partial charge in [0.05, 0.1) is 24.8 Å². The van der Waals surface area contributed by atoms with Crippen LogP contribution in [0.25, 0.3) is 0 Å². The van der Waals surface area contributed by atoms with E-state index in [-0.39, 0.29) is 6.10 Å². The molecule has 0 N–H and O–H groups in total. The molecule has 0 radical (unpaired) electrons. The Morgan fingerprint density at radius 3 is 2.06 bits per heavy atom. The molecule has 0 aromatic heterocycles. The van der Waals surface area contributed by atoms with Crippen LogP contribution in [0, 0.1) is 0 Å². The van der Waals surface area contributed by atoms with Gasteiger partial charge in [-0.2, -0.15) is 0 Å². The van der Waals surface area contributed by atoms with E-state index in [4.69, 9.17) is 49.3 Å². The van der Waals surface area contributed by atoms with Gasteiger partial charge >= 0.3 is 5.37 Å². The maximum Gasteiger partial charge on any atom is 0.322 e. The number of aliphatic imine (C=N–C) groups is 1. The van der Waals surface area contributed by atoms with E-state index in [2.05, 4.69) is 0 Å². The maximum atomic E-state index is 12.9. The van der Waals surface area contributed by atoms with Crippen molar-refractivity contribution in [1.82, 2.24) is 4.90 Å². The van der Waals surface area contributed by atoms with Crippen molar-refractivity contribution in [3.8, 4) is 11.5 Å². The molecule has 1 amide bonds.